The molecule has 3 aromatic carbocycles. The molecular formula is C28H32BrN3O4S. The van der Waals surface area contributed by atoms with Gasteiger partial charge in [0, 0.05) is 22.4 Å². The summed E-state index contributed by atoms with van der Waals surface area (Å²) in [5.74, 6) is -0.677. The molecule has 9 heteroatoms. The number of anilines is 1. The van der Waals surface area contributed by atoms with Gasteiger partial charge in [0.15, 0.2) is 0 Å². The van der Waals surface area contributed by atoms with Crippen LogP contribution in [0.25, 0.3) is 10.8 Å². The lowest BCUT2D eigenvalue weighted by atomic mass is 10.1. The van der Waals surface area contributed by atoms with Gasteiger partial charge >= 0.3 is 0 Å². The molecule has 7 nitrogen and oxygen atoms in total. The van der Waals surface area contributed by atoms with Gasteiger partial charge in [-0.05, 0) is 48.9 Å². The Balaban J connectivity index is 1.65. The number of benzene rings is 3. The van der Waals surface area contributed by atoms with Crippen LogP contribution < -0.4 is 9.62 Å². The van der Waals surface area contributed by atoms with E-state index in [4.69, 9.17) is 0 Å². The highest BCUT2D eigenvalue weighted by molar-refractivity contribution is 9.10. The Labute approximate surface area is 227 Å². The van der Waals surface area contributed by atoms with E-state index in [9.17, 15) is 18.0 Å². The average Bonchev–Trinajstić information content (AvgIpc) is 3.38. The quantitative estimate of drug-likeness (QED) is 0.389. The largest absolute Gasteiger partial charge is 0.352 e. The summed E-state index contributed by atoms with van der Waals surface area (Å²) in [6.07, 6.45) is 5.12. The summed E-state index contributed by atoms with van der Waals surface area (Å²) in [4.78, 5) is 28.4. The SMILES string of the molecule is CC(C(=O)NC1CCCC1)N(Cc1ccc(Br)cc1)C(=O)CN(c1cccc2ccccc12)S(C)(=O)=O. The van der Waals surface area contributed by atoms with E-state index in [2.05, 4.69) is 21.2 Å². The fraction of sp³-hybridized carbons (Fsp3) is 0.357. The number of fused-ring (bicyclic) bond motifs is 1. The number of carbonyl (C=O) groups is 2. The maximum Gasteiger partial charge on any atom is 0.244 e. The van der Waals surface area contributed by atoms with Crippen molar-refractivity contribution in [2.75, 3.05) is 17.1 Å². The second-order valence-electron chi connectivity index (χ2n) is 9.58. The first kappa shape index (κ1) is 27.1. The molecule has 0 aliphatic heterocycles. The summed E-state index contributed by atoms with van der Waals surface area (Å²) in [6.45, 7) is 1.46. The van der Waals surface area contributed by atoms with Crippen LogP contribution in [-0.2, 0) is 26.2 Å². The summed E-state index contributed by atoms with van der Waals surface area (Å²) >= 11 is 3.42. The van der Waals surface area contributed by atoms with Crippen LogP contribution >= 0.6 is 15.9 Å². The summed E-state index contributed by atoms with van der Waals surface area (Å²) in [5, 5.41) is 4.68. The average molecular weight is 587 g/mol. The second kappa shape index (κ2) is 11.6. The molecule has 1 unspecified atom stereocenters. The van der Waals surface area contributed by atoms with Gasteiger partial charge in [0.2, 0.25) is 21.8 Å². The smallest absolute Gasteiger partial charge is 0.244 e. The molecule has 3 aromatic rings. The lowest BCUT2D eigenvalue weighted by molar-refractivity contribution is -0.139. The van der Waals surface area contributed by atoms with Crippen molar-refractivity contribution in [3.63, 3.8) is 0 Å². The Kier molecular flexibility index (Phi) is 8.54. The molecular weight excluding hydrogens is 554 g/mol. The third kappa shape index (κ3) is 6.70. The van der Waals surface area contributed by atoms with E-state index in [1.54, 1.807) is 19.1 Å². The first-order valence-corrected chi connectivity index (χ1v) is 15.1. The Morgan fingerprint density at radius 2 is 1.65 bits per heavy atom. The van der Waals surface area contributed by atoms with E-state index >= 15 is 0 Å². The molecule has 0 bridgehead atoms. The predicted octanol–water partition coefficient (Wildman–Crippen LogP) is 4.84. The molecule has 0 saturated heterocycles. The number of nitrogens with zero attached hydrogens (tertiary/aromatic N) is 2. The van der Waals surface area contributed by atoms with E-state index in [1.807, 2.05) is 54.6 Å². The van der Waals surface area contributed by atoms with Gasteiger partial charge in [-0.15, -0.1) is 0 Å². The van der Waals surface area contributed by atoms with Crippen LogP contribution in [0.4, 0.5) is 5.69 Å². The molecule has 0 aromatic heterocycles. The van der Waals surface area contributed by atoms with Gasteiger partial charge in [-0.25, -0.2) is 8.42 Å². The lowest BCUT2D eigenvalue weighted by Crippen LogP contribution is -2.52. The van der Waals surface area contributed by atoms with Gasteiger partial charge in [0.1, 0.15) is 12.6 Å². The molecule has 37 heavy (non-hydrogen) atoms. The molecule has 4 rings (SSSR count). The third-order valence-electron chi connectivity index (χ3n) is 6.85. The number of nitrogens with one attached hydrogen (secondary N) is 1. The van der Waals surface area contributed by atoms with E-state index in [0.29, 0.717) is 5.69 Å². The minimum atomic E-state index is -3.80. The number of halogens is 1. The monoisotopic (exact) mass is 585 g/mol. The van der Waals surface area contributed by atoms with Crippen LogP contribution in [0.2, 0.25) is 0 Å². The highest BCUT2D eigenvalue weighted by Crippen LogP contribution is 2.29. The predicted molar refractivity (Wildman–Crippen MR) is 151 cm³/mol. The molecule has 0 radical (unpaired) electrons. The van der Waals surface area contributed by atoms with Crippen molar-refractivity contribution >= 4 is 54.2 Å². The summed E-state index contributed by atoms with van der Waals surface area (Å²) < 4.78 is 27.9. The highest BCUT2D eigenvalue weighted by atomic mass is 79.9. The maximum absolute atomic E-state index is 13.8. The Morgan fingerprint density at radius 3 is 2.32 bits per heavy atom. The van der Waals surface area contributed by atoms with E-state index in [1.165, 1.54) is 4.90 Å². The van der Waals surface area contributed by atoms with Crippen LogP contribution in [-0.4, -0.2) is 50.0 Å². The van der Waals surface area contributed by atoms with Gasteiger partial charge in [-0.2, -0.15) is 0 Å². The first-order valence-electron chi connectivity index (χ1n) is 12.4. The molecule has 1 N–H and O–H groups in total. The minimum absolute atomic E-state index is 0.114. The van der Waals surface area contributed by atoms with Crippen molar-refractivity contribution in [2.24, 2.45) is 0 Å². The van der Waals surface area contributed by atoms with Crippen molar-refractivity contribution in [3.05, 3.63) is 76.8 Å². The summed E-state index contributed by atoms with van der Waals surface area (Å²) in [5.41, 5.74) is 1.27. The molecule has 1 fully saturated rings. The molecule has 1 saturated carbocycles. The third-order valence-corrected chi connectivity index (χ3v) is 8.50. The molecule has 1 aliphatic carbocycles. The van der Waals surface area contributed by atoms with Gasteiger partial charge in [0.25, 0.3) is 0 Å². The van der Waals surface area contributed by atoms with Crippen LogP contribution in [0.5, 0.6) is 0 Å². The number of sulfonamides is 1. The van der Waals surface area contributed by atoms with Gasteiger partial charge in [0.05, 0.1) is 11.9 Å². The number of hydrogen-bond donors (Lipinski definition) is 1. The zero-order valence-electron chi connectivity index (χ0n) is 21.1. The summed E-state index contributed by atoms with van der Waals surface area (Å²) in [6, 6.07) is 19.7. The van der Waals surface area contributed by atoms with Crippen LogP contribution in [0, 0.1) is 0 Å². The maximum atomic E-state index is 13.8. The van der Waals surface area contributed by atoms with E-state index in [0.717, 1.165) is 57.1 Å². The van der Waals surface area contributed by atoms with Crippen LogP contribution in [0.3, 0.4) is 0 Å². The van der Waals surface area contributed by atoms with Gasteiger partial charge < -0.3 is 10.2 Å². The van der Waals surface area contributed by atoms with Gasteiger partial charge in [-0.3, -0.25) is 13.9 Å². The van der Waals surface area contributed by atoms with Crippen LogP contribution in [0.1, 0.15) is 38.2 Å². The fourth-order valence-electron chi connectivity index (χ4n) is 4.78. The van der Waals surface area contributed by atoms with E-state index in [-0.39, 0.29) is 18.5 Å². The molecule has 2 amide bonds. The van der Waals surface area contributed by atoms with Crippen molar-refractivity contribution < 1.29 is 18.0 Å². The van der Waals surface area contributed by atoms with E-state index < -0.39 is 28.5 Å². The number of hydrogen-bond acceptors (Lipinski definition) is 4. The van der Waals surface area contributed by atoms with Crippen molar-refractivity contribution in [1.29, 1.82) is 0 Å². The van der Waals surface area contributed by atoms with Crippen LogP contribution in [0.15, 0.2) is 71.2 Å². The van der Waals surface area contributed by atoms with Gasteiger partial charge in [-0.1, -0.05) is 77.3 Å². The zero-order valence-corrected chi connectivity index (χ0v) is 23.5. The first-order chi connectivity index (χ1) is 17.6. The van der Waals surface area contributed by atoms with Crippen molar-refractivity contribution in [2.45, 2.75) is 51.2 Å². The Hall–Kier alpha value is -2.91. The molecule has 0 heterocycles. The molecule has 0 spiro atoms. The zero-order chi connectivity index (χ0) is 26.6. The minimum Gasteiger partial charge on any atom is -0.352 e. The summed E-state index contributed by atoms with van der Waals surface area (Å²) in [7, 11) is -3.80. The van der Waals surface area contributed by atoms with Crippen molar-refractivity contribution in [3.8, 4) is 0 Å². The topological polar surface area (TPSA) is 86.8 Å². The standard InChI is InChI=1S/C28H32BrN3O4S/c1-20(28(34)30-24-10-4-5-11-24)31(18-21-14-16-23(29)17-15-21)27(33)19-32(37(2,35)36)26-13-7-9-22-8-3-6-12-25(22)26/h3,6-9,12-17,20,24H,4-5,10-11,18-19H2,1-2H3,(H,30,34). The Bertz CT molecular complexity index is 1370. The lowest BCUT2D eigenvalue weighted by Gasteiger charge is -2.32. The molecule has 1 aliphatic rings. The Morgan fingerprint density at radius 1 is 1.00 bits per heavy atom. The number of rotatable bonds is 9. The van der Waals surface area contributed by atoms with Crippen molar-refractivity contribution in [1.82, 2.24) is 10.2 Å². The number of carbonyl (C=O) groups excluding carboxylic acids is 2. The second-order valence-corrected chi connectivity index (χ2v) is 12.4. The fourth-order valence-corrected chi connectivity index (χ4v) is 5.91. The normalized spacial score (nSPS) is 14.9. The molecule has 1 atom stereocenters. The highest BCUT2D eigenvalue weighted by Gasteiger charge is 2.31. The number of amides is 2. The molecule has 196 valence electrons.